The number of aliphatic hydroxyl groups is 1. The first-order valence-corrected chi connectivity index (χ1v) is 14.2. The van der Waals surface area contributed by atoms with Crippen molar-refractivity contribution in [3.63, 3.8) is 0 Å². The van der Waals surface area contributed by atoms with Crippen molar-refractivity contribution in [1.82, 2.24) is 20.2 Å². The third kappa shape index (κ3) is 6.71. The van der Waals surface area contributed by atoms with Crippen LogP contribution in [-0.2, 0) is 23.1 Å². The maximum Gasteiger partial charge on any atom is 0.255 e. The van der Waals surface area contributed by atoms with E-state index in [9.17, 15) is 14.7 Å². The number of Topliss-reactive ketones (excluding diaryl/α,β-unsaturated/α-hetero) is 1. The number of anilines is 1. The van der Waals surface area contributed by atoms with E-state index >= 15 is 0 Å². The molecule has 1 amide bonds. The molecule has 1 saturated heterocycles. The van der Waals surface area contributed by atoms with Crippen molar-refractivity contribution in [3.05, 3.63) is 101 Å². The second-order valence-electron chi connectivity index (χ2n) is 9.93. The van der Waals surface area contributed by atoms with Gasteiger partial charge in [0.15, 0.2) is 12.1 Å². The van der Waals surface area contributed by atoms with Gasteiger partial charge >= 0.3 is 0 Å². The number of ether oxygens (including phenoxy) is 2. The average molecular weight is 574 g/mol. The van der Waals surface area contributed by atoms with E-state index < -0.39 is 6.29 Å². The number of aryl methyl sites for hydroxylation is 1. The molecule has 1 aliphatic rings. The van der Waals surface area contributed by atoms with Crippen LogP contribution in [0.4, 0.5) is 5.69 Å². The number of ketones is 1. The third-order valence-corrected chi connectivity index (χ3v) is 8.13. The number of rotatable bonds is 9. The van der Waals surface area contributed by atoms with Gasteiger partial charge in [-0.2, -0.15) is 0 Å². The van der Waals surface area contributed by atoms with Crippen LogP contribution in [0.3, 0.4) is 0 Å². The van der Waals surface area contributed by atoms with E-state index in [1.807, 2.05) is 30.3 Å². The summed E-state index contributed by atoms with van der Waals surface area (Å²) in [5, 5.41) is 24.7. The van der Waals surface area contributed by atoms with Crippen LogP contribution in [0.5, 0.6) is 0 Å². The lowest BCUT2D eigenvalue weighted by Gasteiger charge is -2.41. The smallest absolute Gasteiger partial charge is 0.255 e. The van der Waals surface area contributed by atoms with Gasteiger partial charge in [-0.05, 0) is 52.7 Å². The number of tetrazole rings is 1. The highest BCUT2D eigenvalue weighted by Gasteiger charge is 2.38. The predicted octanol–water partition coefficient (Wildman–Crippen LogP) is 4.74. The lowest BCUT2D eigenvalue weighted by Crippen LogP contribution is -2.38. The van der Waals surface area contributed by atoms with Crippen molar-refractivity contribution in [2.75, 3.05) is 11.1 Å². The molecule has 0 saturated carbocycles. The summed E-state index contributed by atoms with van der Waals surface area (Å²) in [6.45, 7) is 3.53. The summed E-state index contributed by atoms with van der Waals surface area (Å²) < 4.78 is 14.6. The number of carbonyl (C=O) groups is 2. The maximum atomic E-state index is 13.1. The van der Waals surface area contributed by atoms with E-state index in [1.165, 1.54) is 18.7 Å². The molecule has 4 atom stereocenters. The topological polar surface area (TPSA) is 128 Å². The standard InChI is InChI=1S/C30H31N5O5S/c1-18-26(17-41-30-32-33-34-35(30)3)39-29(40-27(18)21-12-10-20(16-36)11-13-21)24-8-4-7-23(14-24)28(38)31-25-9-5-6-22(15-25)19(2)37/h4-15,18,26-27,29,36H,16-17H2,1-3H3,(H,31,38)/t18-,26+,27+,29?/m0/s1. The normalized spacial score (nSPS) is 20.5. The monoisotopic (exact) mass is 573 g/mol. The highest BCUT2D eigenvalue weighted by atomic mass is 32.2. The zero-order valence-electron chi connectivity index (χ0n) is 22.9. The highest BCUT2D eigenvalue weighted by molar-refractivity contribution is 7.99. The molecule has 10 nitrogen and oxygen atoms in total. The Morgan fingerprint density at radius 2 is 1.76 bits per heavy atom. The zero-order chi connectivity index (χ0) is 28.9. The lowest BCUT2D eigenvalue weighted by molar-refractivity contribution is -0.268. The number of benzene rings is 3. The molecule has 4 aromatic rings. The Balaban J connectivity index is 1.39. The van der Waals surface area contributed by atoms with Gasteiger partial charge in [-0.1, -0.05) is 67.2 Å². The van der Waals surface area contributed by atoms with Crippen LogP contribution in [0.15, 0.2) is 78.0 Å². The summed E-state index contributed by atoms with van der Waals surface area (Å²) in [7, 11) is 1.79. The fraction of sp³-hybridized carbons (Fsp3) is 0.300. The van der Waals surface area contributed by atoms with Crippen molar-refractivity contribution < 1.29 is 24.2 Å². The first-order chi connectivity index (χ1) is 19.8. The van der Waals surface area contributed by atoms with E-state index in [-0.39, 0.29) is 36.4 Å². The quantitative estimate of drug-likeness (QED) is 0.215. The molecule has 1 aromatic heterocycles. The van der Waals surface area contributed by atoms with E-state index in [1.54, 1.807) is 54.2 Å². The summed E-state index contributed by atoms with van der Waals surface area (Å²) in [5.74, 6) is 0.190. The van der Waals surface area contributed by atoms with Crippen molar-refractivity contribution in [1.29, 1.82) is 0 Å². The van der Waals surface area contributed by atoms with Gasteiger partial charge < -0.3 is 19.9 Å². The van der Waals surface area contributed by atoms with E-state index in [4.69, 9.17) is 9.47 Å². The number of nitrogens with one attached hydrogen (secondary N) is 1. The van der Waals surface area contributed by atoms with Gasteiger partial charge in [0.05, 0.1) is 18.8 Å². The molecular formula is C30H31N5O5S. The van der Waals surface area contributed by atoms with Crippen LogP contribution in [0, 0.1) is 5.92 Å². The molecule has 0 bridgehead atoms. The molecule has 3 aromatic carbocycles. The molecule has 1 fully saturated rings. The molecule has 0 radical (unpaired) electrons. The summed E-state index contributed by atoms with van der Waals surface area (Å²) in [5.41, 5.74) is 3.98. The van der Waals surface area contributed by atoms with E-state index in [0.717, 1.165) is 11.1 Å². The molecule has 2 N–H and O–H groups in total. The Morgan fingerprint density at radius 3 is 2.46 bits per heavy atom. The first-order valence-electron chi connectivity index (χ1n) is 13.2. The van der Waals surface area contributed by atoms with Crippen LogP contribution in [0.25, 0.3) is 0 Å². The fourth-order valence-electron chi connectivity index (χ4n) is 4.66. The molecule has 212 valence electrons. The third-order valence-electron chi connectivity index (χ3n) is 7.03. The van der Waals surface area contributed by atoms with Crippen molar-refractivity contribution in [3.8, 4) is 0 Å². The predicted molar refractivity (Wildman–Crippen MR) is 153 cm³/mol. The van der Waals surface area contributed by atoms with E-state index in [2.05, 4.69) is 27.8 Å². The SMILES string of the molecule is CC(=O)c1cccc(NC(=O)c2cccc(C3O[C@H](CSc4nnnn4C)[C@H](C)[C@H](c4ccc(CO)cc4)O3)c2)c1. The summed E-state index contributed by atoms with van der Waals surface area (Å²) in [6, 6.07) is 21.7. The second kappa shape index (κ2) is 12.7. The average Bonchev–Trinajstić information content (AvgIpc) is 3.41. The van der Waals surface area contributed by atoms with E-state index in [0.29, 0.717) is 33.3 Å². The Labute approximate surface area is 242 Å². The minimum Gasteiger partial charge on any atom is -0.392 e. The number of thioether (sulfide) groups is 1. The lowest BCUT2D eigenvalue weighted by atomic mass is 9.91. The molecule has 2 heterocycles. The number of hydrogen-bond donors (Lipinski definition) is 2. The van der Waals surface area contributed by atoms with Crippen molar-refractivity contribution >= 4 is 29.1 Å². The minimum absolute atomic E-state index is 0.0139. The summed E-state index contributed by atoms with van der Waals surface area (Å²) in [4.78, 5) is 24.9. The van der Waals surface area contributed by atoms with Gasteiger partial charge in [-0.3, -0.25) is 9.59 Å². The number of amides is 1. The van der Waals surface area contributed by atoms with Crippen molar-refractivity contribution in [2.45, 2.75) is 44.1 Å². The Kier molecular flexibility index (Phi) is 8.89. The Morgan fingerprint density at radius 1 is 1.00 bits per heavy atom. The van der Waals surface area contributed by atoms with Crippen molar-refractivity contribution in [2.24, 2.45) is 13.0 Å². The van der Waals surface area contributed by atoms with Crippen LogP contribution in [0.1, 0.15) is 63.6 Å². The van der Waals surface area contributed by atoms with Crippen LogP contribution in [-0.4, -0.2) is 48.9 Å². The first kappa shape index (κ1) is 28.6. The van der Waals surface area contributed by atoms with Gasteiger partial charge in [0.2, 0.25) is 5.16 Å². The maximum absolute atomic E-state index is 13.1. The zero-order valence-corrected chi connectivity index (χ0v) is 23.7. The summed E-state index contributed by atoms with van der Waals surface area (Å²) in [6.07, 6.45) is -1.24. The minimum atomic E-state index is -0.731. The van der Waals surface area contributed by atoms with Crippen LogP contribution < -0.4 is 5.32 Å². The second-order valence-corrected chi connectivity index (χ2v) is 10.9. The Hall–Kier alpha value is -3.90. The number of carbonyl (C=O) groups excluding carboxylic acids is 2. The van der Waals surface area contributed by atoms with Gasteiger partial charge in [0.25, 0.3) is 5.91 Å². The molecule has 5 rings (SSSR count). The Bertz CT molecular complexity index is 1530. The molecule has 1 unspecified atom stereocenters. The van der Waals surface area contributed by atoms with Gasteiger partial charge in [-0.15, -0.1) is 5.10 Å². The van der Waals surface area contributed by atoms with Crippen LogP contribution in [0.2, 0.25) is 0 Å². The largest absolute Gasteiger partial charge is 0.392 e. The van der Waals surface area contributed by atoms with Gasteiger partial charge in [-0.25, -0.2) is 4.68 Å². The van der Waals surface area contributed by atoms with Gasteiger partial charge in [0, 0.05) is 41.1 Å². The van der Waals surface area contributed by atoms with Gasteiger partial charge in [0.1, 0.15) is 0 Å². The fourth-order valence-corrected chi connectivity index (χ4v) is 5.67. The molecular weight excluding hydrogens is 542 g/mol. The molecule has 1 aliphatic heterocycles. The molecule has 0 spiro atoms. The molecule has 41 heavy (non-hydrogen) atoms. The number of hydrogen-bond acceptors (Lipinski definition) is 9. The summed E-state index contributed by atoms with van der Waals surface area (Å²) >= 11 is 1.50. The number of aliphatic hydroxyl groups excluding tert-OH is 1. The number of aromatic nitrogens is 4. The molecule has 11 heteroatoms. The highest BCUT2D eigenvalue weighted by Crippen LogP contribution is 2.43. The number of nitrogens with zero attached hydrogens (tertiary/aromatic N) is 4. The van der Waals surface area contributed by atoms with Crippen LogP contribution >= 0.6 is 11.8 Å². The molecule has 0 aliphatic carbocycles.